The van der Waals surface area contributed by atoms with Crippen LogP contribution in [0.25, 0.3) is 0 Å². The minimum atomic E-state index is -2.83. The van der Waals surface area contributed by atoms with E-state index < -0.39 is 29.8 Å². The molecule has 1 amide bonds. The molecule has 3 rings (SSSR count). The van der Waals surface area contributed by atoms with Gasteiger partial charge in [-0.1, -0.05) is 30.3 Å². The summed E-state index contributed by atoms with van der Waals surface area (Å²) in [5, 5.41) is 11.4. The van der Waals surface area contributed by atoms with Crippen LogP contribution in [-0.2, 0) is 10.4 Å². The van der Waals surface area contributed by atoms with Gasteiger partial charge in [0.15, 0.2) is 5.60 Å². The van der Waals surface area contributed by atoms with Crippen molar-refractivity contribution in [3.63, 3.8) is 0 Å². The van der Waals surface area contributed by atoms with Crippen LogP contribution >= 0.6 is 0 Å². The lowest BCUT2D eigenvalue weighted by atomic mass is 9.78. The van der Waals surface area contributed by atoms with Gasteiger partial charge in [-0.3, -0.25) is 4.79 Å². The first-order valence-electron chi connectivity index (χ1n) is 8.88. The molecule has 0 radical (unpaired) electrons. The molecule has 2 aliphatic rings. The Labute approximate surface area is 147 Å². The van der Waals surface area contributed by atoms with E-state index in [0.29, 0.717) is 31.5 Å². The average molecular weight is 352 g/mol. The summed E-state index contributed by atoms with van der Waals surface area (Å²) >= 11 is 0. The molecule has 6 heteroatoms. The van der Waals surface area contributed by atoms with Crippen molar-refractivity contribution >= 4 is 5.91 Å². The molecule has 1 aromatic rings. The smallest absolute Gasteiger partial charge is 0.259 e. The molecule has 0 aromatic heterocycles. The second-order valence-corrected chi connectivity index (χ2v) is 7.87. The lowest BCUT2D eigenvalue weighted by Crippen LogP contribution is -2.56. The molecule has 1 aliphatic carbocycles. The summed E-state index contributed by atoms with van der Waals surface area (Å²) in [5.41, 5.74) is 4.27. The predicted molar refractivity (Wildman–Crippen MR) is 91.0 cm³/mol. The van der Waals surface area contributed by atoms with E-state index in [1.54, 1.807) is 35.2 Å². The van der Waals surface area contributed by atoms with Crippen molar-refractivity contribution in [3.8, 4) is 0 Å². The first kappa shape index (κ1) is 18.3. The third-order valence-electron chi connectivity index (χ3n) is 5.73. The number of hydrogen-bond acceptors (Lipinski definition) is 3. The summed E-state index contributed by atoms with van der Waals surface area (Å²) in [6, 6.07) is 8.50. The number of carbonyl (C=O) groups excluding carboxylic acids is 1. The van der Waals surface area contributed by atoms with Crippen molar-refractivity contribution in [1.29, 1.82) is 0 Å². The molecule has 2 atom stereocenters. The maximum absolute atomic E-state index is 13.8. The molecular weight excluding hydrogens is 326 g/mol. The van der Waals surface area contributed by atoms with Gasteiger partial charge in [-0.15, -0.1) is 0 Å². The number of amides is 1. The first-order valence-corrected chi connectivity index (χ1v) is 8.88. The van der Waals surface area contributed by atoms with Crippen LogP contribution in [0, 0.1) is 5.92 Å². The van der Waals surface area contributed by atoms with Crippen LogP contribution in [-0.4, -0.2) is 40.5 Å². The maximum Gasteiger partial charge on any atom is 0.259 e. The monoisotopic (exact) mass is 352 g/mol. The fraction of sp³-hybridized carbons (Fsp3) is 0.632. The van der Waals surface area contributed by atoms with Gasteiger partial charge in [-0.05, 0) is 31.7 Å². The maximum atomic E-state index is 13.8. The van der Waals surface area contributed by atoms with E-state index in [-0.39, 0.29) is 18.4 Å². The van der Waals surface area contributed by atoms with Crippen LogP contribution in [0.15, 0.2) is 30.3 Å². The minimum Gasteiger partial charge on any atom is -0.375 e. The molecule has 1 aliphatic heterocycles. The number of hydrogen-bond donors (Lipinski definition) is 2. The zero-order valence-corrected chi connectivity index (χ0v) is 14.5. The zero-order chi connectivity index (χ0) is 18.3. The predicted octanol–water partition coefficient (Wildman–Crippen LogP) is 2.65. The number of nitrogens with two attached hydrogens (primary N) is 1. The van der Waals surface area contributed by atoms with Crippen LogP contribution in [0.4, 0.5) is 8.78 Å². The summed E-state index contributed by atoms with van der Waals surface area (Å²) < 4.78 is 27.6. The van der Waals surface area contributed by atoms with Gasteiger partial charge in [-0.2, -0.15) is 0 Å². The molecule has 2 unspecified atom stereocenters. The lowest BCUT2D eigenvalue weighted by molar-refractivity contribution is -0.162. The van der Waals surface area contributed by atoms with E-state index in [9.17, 15) is 18.7 Å². The number of nitrogens with zero attached hydrogens (tertiary/aromatic N) is 1. The van der Waals surface area contributed by atoms with Crippen LogP contribution in [0.3, 0.4) is 0 Å². The number of benzene rings is 1. The normalized spacial score (nSPS) is 27.7. The topological polar surface area (TPSA) is 66.6 Å². The van der Waals surface area contributed by atoms with Crippen LogP contribution in [0.2, 0.25) is 0 Å². The summed E-state index contributed by atoms with van der Waals surface area (Å²) in [7, 11) is 0. The molecule has 0 spiro atoms. The van der Waals surface area contributed by atoms with Gasteiger partial charge < -0.3 is 15.7 Å². The van der Waals surface area contributed by atoms with E-state index in [2.05, 4.69) is 0 Å². The van der Waals surface area contributed by atoms with Crippen LogP contribution in [0.5, 0.6) is 0 Å². The zero-order valence-electron chi connectivity index (χ0n) is 14.5. The Bertz CT molecular complexity index is 626. The van der Waals surface area contributed by atoms with E-state index >= 15 is 0 Å². The second kappa shape index (κ2) is 6.32. The molecule has 1 aromatic carbocycles. The number of alkyl halides is 2. The number of piperidine rings is 1. The molecule has 3 N–H and O–H groups in total. The highest BCUT2D eigenvalue weighted by Gasteiger charge is 2.54. The Morgan fingerprint density at radius 2 is 1.84 bits per heavy atom. The highest BCUT2D eigenvalue weighted by atomic mass is 19.3. The Morgan fingerprint density at radius 1 is 1.24 bits per heavy atom. The van der Waals surface area contributed by atoms with Gasteiger partial charge in [0.25, 0.3) is 5.91 Å². The van der Waals surface area contributed by atoms with Crippen LogP contribution in [0.1, 0.15) is 44.6 Å². The Morgan fingerprint density at radius 3 is 2.36 bits per heavy atom. The van der Waals surface area contributed by atoms with E-state index in [4.69, 9.17) is 5.73 Å². The molecule has 4 nitrogen and oxygen atoms in total. The number of rotatable bonds is 3. The fourth-order valence-electron chi connectivity index (χ4n) is 3.99. The SMILES string of the molecule is CC1(N)CCN(C(=O)C(O)(c2ccccc2)C2CCC(F)(F)C2)CC1. The van der Waals surface area contributed by atoms with Gasteiger partial charge in [0, 0.05) is 37.4 Å². The number of halogens is 2. The van der Waals surface area contributed by atoms with Crippen molar-refractivity contribution in [2.45, 2.75) is 56.1 Å². The van der Waals surface area contributed by atoms with Gasteiger partial charge in [0.2, 0.25) is 5.92 Å². The molecule has 138 valence electrons. The standard InChI is InChI=1S/C19H26F2N2O2/c1-17(22)9-11-23(12-10-17)16(24)19(25,14-5-3-2-4-6-14)15-7-8-18(20,21)13-15/h2-6,15,25H,7-13,22H2,1H3. The molecule has 1 saturated heterocycles. The molecule has 0 bridgehead atoms. The highest BCUT2D eigenvalue weighted by molar-refractivity contribution is 5.87. The molecule has 1 heterocycles. The summed E-state index contributed by atoms with van der Waals surface area (Å²) in [5.74, 6) is -4.09. The third-order valence-corrected chi connectivity index (χ3v) is 5.73. The largest absolute Gasteiger partial charge is 0.375 e. The van der Waals surface area contributed by atoms with Crippen molar-refractivity contribution in [3.05, 3.63) is 35.9 Å². The van der Waals surface area contributed by atoms with Crippen molar-refractivity contribution in [1.82, 2.24) is 4.90 Å². The number of carbonyl (C=O) groups is 1. The van der Waals surface area contributed by atoms with Crippen molar-refractivity contribution < 1.29 is 18.7 Å². The van der Waals surface area contributed by atoms with Gasteiger partial charge in [-0.25, -0.2) is 8.78 Å². The molecule has 1 saturated carbocycles. The lowest BCUT2D eigenvalue weighted by Gasteiger charge is -2.42. The highest BCUT2D eigenvalue weighted by Crippen LogP contribution is 2.48. The Balaban J connectivity index is 1.91. The summed E-state index contributed by atoms with van der Waals surface area (Å²) in [6.45, 7) is 2.81. The van der Waals surface area contributed by atoms with Crippen molar-refractivity contribution in [2.75, 3.05) is 13.1 Å². The van der Waals surface area contributed by atoms with Gasteiger partial charge in [0.1, 0.15) is 0 Å². The molecule has 2 fully saturated rings. The van der Waals surface area contributed by atoms with Crippen LogP contribution < -0.4 is 5.73 Å². The first-order chi connectivity index (χ1) is 11.6. The van der Waals surface area contributed by atoms with Crippen molar-refractivity contribution in [2.24, 2.45) is 11.7 Å². The summed E-state index contributed by atoms with van der Waals surface area (Å²) in [6.07, 6.45) is 0.634. The molecule has 25 heavy (non-hydrogen) atoms. The van der Waals surface area contributed by atoms with Gasteiger partial charge >= 0.3 is 0 Å². The number of likely N-dealkylation sites (tertiary alicyclic amines) is 1. The summed E-state index contributed by atoms with van der Waals surface area (Å²) in [4.78, 5) is 14.8. The Kier molecular flexibility index (Phi) is 4.62. The average Bonchev–Trinajstić information content (AvgIpc) is 2.95. The van der Waals surface area contributed by atoms with E-state index in [1.165, 1.54) is 0 Å². The number of aliphatic hydroxyl groups is 1. The van der Waals surface area contributed by atoms with Gasteiger partial charge in [0.05, 0.1) is 0 Å². The Hall–Kier alpha value is -1.53. The fourth-order valence-corrected chi connectivity index (χ4v) is 3.99. The minimum absolute atomic E-state index is 0.132. The third kappa shape index (κ3) is 3.55. The van der Waals surface area contributed by atoms with E-state index in [0.717, 1.165) is 0 Å². The molecular formula is C19H26F2N2O2. The quantitative estimate of drug-likeness (QED) is 0.879. The second-order valence-electron chi connectivity index (χ2n) is 7.87. The van der Waals surface area contributed by atoms with E-state index in [1.807, 2.05) is 6.92 Å².